The number of hydrogen-bond acceptors (Lipinski definition) is 3. The SMILES string of the molecule is C[C@@H](Oc1ccccc1)c1nc2ccccc2n1CC(=O)N1CCc2ccccc21. The summed E-state index contributed by atoms with van der Waals surface area (Å²) in [6.07, 6.45) is 0.603. The number of hydrogen-bond donors (Lipinski definition) is 0. The Morgan fingerprint density at radius 3 is 2.60 bits per heavy atom. The molecule has 1 aliphatic rings. The first-order valence-electron chi connectivity index (χ1n) is 10.3. The minimum Gasteiger partial charge on any atom is -0.483 e. The number of imidazole rings is 1. The van der Waals surface area contributed by atoms with Crippen molar-refractivity contribution in [1.82, 2.24) is 9.55 Å². The van der Waals surface area contributed by atoms with Gasteiger partial charge in [0, 0.05) is 12.2 Å². The van der Waals surface area contributed by atoms with Crippen molar-refractivity contribution in [3.05, 3.63) is 90.3 Å². The lowest BCUT2D eigenvalue weighted by Gasteiger charge is -2.20. The van der Waals surface area contributed by atoms with E-state index >= 15 is 0 Å². The Balaban J connectivity index is 1.47. The summed E-state index contributed by atoms with van der Waals surface area (Å²) in [5, 5.41) is 0. The van der Waals surface area contributed by atoms with Crippen LogP contribution in [0.2, 0.25) is 0 Å². The predicted octanol–water partition coefficient (Wildman–Crippen LogP) is 4.77. The minimum atomic E-state index is -0.293. The van der Waals surface area contributed by atoms with E-state index in [-0.39, 0.29) is 18.6 Å². The summed E-state index contributed by atoms with van der Waals surface area (Å²) < 4.78 is 8.12. The molecule has 2 heterocycles. The van der Waals surface area contributed by atoms with E-state index in [1.54, 1.807) is 0 Å². The third-order valence-electron chi connectivity index (χ3n) is 5.59. The highest BCUT2D eigenvalue weighted by atomic mass is 16.5. The number of fused-ring (bicyclic) bond motifs is 2. The van der Waals surface area contributed by atoms with Gasteiger partial charge in [-0.1, -0.05) is 48.5 Å². The van der Waals surface area contributed by atoms with Gasteiger partial charge in [-0.2, -0.15) is 0 Å². The van der Waals surface area contributed by atoms with Gasteiger partial charge in [0.1, 0.15) is 12.3 Å². The first kappa shape index (κ1) is 18.4. The molecule has 0 saturated carbocycles. The van der Waals surface area contributed by atoms with E-state index < -0.39 is 0 Å². The second-order valence-electron chi connectivity index (χ2n) is 7.54. The first-order valence-corrected chi connectivity index (χ1v) is 10.3. The number of nitrogens with zero attached hydrogens (tertiary/aromatic N) is 3. The number of carbonyl (C=O) groups is 1. The molecule has 1 aliphatic heterocycles. The van der Waals surface area contributed by atoms with Crippen molar-refractivity contribution < 1.29 is 9.53 Å². The highest BCUT2D eigenvalue weighted by Gasteiger charge is 2.26. The third-order valence-corrected chi connectivity index (χ3v) is 5.59. The van der Waals surface area contributed by atoms with Gasteiger partial charge >= 0.3 is 0 Å². The Morgan fingerprint density at radius 2 is 1.73 bits per heavy atom. The van der Waals surface area contributed by atoms with Gasteiger partial charge in [-0.05, 0) is 49.2 Å². The van der Waals surface area contributed by atoms with E-state index in [0.717, 1.165) is 41.3 Å². The zero-order valence-corrected chi connectivity index (χ0v) is 16.9. The molecule has 5 heteroatoms. The average Bonchev–Trinajstić information content (AvgIpc) is 3.36. The summed E-state index contributed by atoms with van der Waals surface area (Å²) in [5.74, 6) is 1.60. The van der Waals surface area contributed by atoms with E-state index in [4.69, 9.17) is 9.72 Å². The standard InChI is InChI=1S/C25H23N3O2/c1-18(30-20-10-3-2-4-11-20)25-26-21-12-6-8-14-23(21)28(25)17-24(29)27-16-15-19-9-5-7-13-22(19)27/h2-14,18H,15-17H2,1H3/t18-/m1/s1. The quantitative estimate of drug-likeness (QED) is 0.488. The van der Waals surface area contributed by atoms with Crippen LogP contribution in [0.3, 0.4) is 0 Å². The summed E-state index contributed by atoms with van der Waals surface area (Å²) in [4.78, 5) is 20.0. The molecule has 1 amide bonds. The van der Waals surface area contributed by atoms with Crippen LogP contribution in [0, 0.1) is 0 Å². The zero-order valence-electron chi connectivity index (χ0n) is 16.9. The summed E-state index contributed by atoms with van der Waals surface area (Å²) in [6, 6.07) is 25.7. The second kappa shape index (κ2) is 7.67. The molecule has 1 aromatic heterocycles. The molecule has 0 saturated heterocycles. The fourth-order valence-corrected chi connectivity index (χ4v) is 4.14. The van der Waals surface area contributed by atoms with Gasteiger partial charge in [0.05, 0.1) is 11.0 Å². The Labute approximate surface area is 175 Å². The van der Waals surface area contributed by atoms with E-state index in [0.29, 0.717) is 0 Å². The van der Waals surface area contributed by atoms with Crippen molar-refractivity contribution >= 4 is 22.6 Å². The molecule has 3 aromatic carbocycles. The highest BCUT2D eigenvalue weighted by molar-refractivity contribution is 5.96. The Morgan fingerprint density at radius 1 is 1.00 bits per heavy atom. The molecule has 30 heavy (non-hydrogen) atoms. The number of carbonyl (C=O) groups excluding carboxylic acids is 1. The summed E-state index contributed by atoms with van der Waals surface area (Å²) >= 11 is 0. The topological polar surface area (TPSA) is 47.4 Å². The highest BCUT2D eigenvalue weighted by Crippen LogP contribution is 2.29. The Hall–Kier alpha value is -3.60. The van der Waals surface area contributed by atoms with Crippen molar-refractivity contribution in [2.45, 2.75) is 26.0 Å². The van der Waals surface area contributed by atoms with Crippen LogP contribution in [-0.4, -0.2) is 22.0 Å². The zero-order chi connectivity index (χ0) is 20.5. The lowest BCUT2D eigenvalue weighted by molar-refractivity contribution is -0.119. The number of benzene rings is 3. The lowest BCUT2D eigenvalue weighted by atomic mass is 10.2. The summed E-state index contributed by atoms with van der Waals surface area (Å²) in [5.41, 5.74) is 4.05. The maximum Gasteiger partial charge on any atom is 0.247 e. The fourth-order valence-electron chi connectivity index (χ4n) is 4.14. The van der Waals surface area contributed by atoms with Crippen LogP contribution >= 0.6 is 0 Å². The van der Waals surface area contributed by atoms with Crippen molar-refractivity contribution in [2.75, 3.05) is 11.4 Å². The molecule has 4 aromatic rings. The minimum absolute atomic E-state index is 0.0660. The molecule has 150 valence electrons. The lowest BCUT2D eigenvalue weighted by Crippen LogP contribution is -2.33. The van der Waals surface area contributed by atoms with E-state index in [1.807, 2.05) is 89.2 Å². The van der Waals surface area contributed by atoms with Crippen LogP contribution in [0.4, 0.5) is 5.69 Å². The van der Waals surface area contributed by atoms with Crippen molar-refractivity contribution in [3.8, 4) is 5.75 Å². The number of anilines is 1. The molecule has 1 atom stereocenters. The molecule has 0 N–H and O–H groups in total. The largest absolute Gasteiger partial charge is 0.483 e. The Kier molecular flexibility index (Phi) is 4.71. The van der Waals surface area contributed by atoms with Gasteiger partial charge in [0.15, 0.2) is 11.9 Å². The average molecular weight is 397 g/mol. The maximum absolute atomic E-state index is 13.3. The van der Waals surface area contributed by atoms with Crippen molar-refractivity contribution in [3.63, 3.8) is 0 Å². The van der Waals surface area contributed by atoms with Crippen LogP contribution in [0.25, 0.3) is 11.0 Å². The molecule has 0 unspecified atom stereocenters. The van der Waals surface area contributed by atoms with E-state index in [2.05, 4.69) is 6.07 Å². The number of para-hydroxylation sites is 4. The monoisotopic (exact) mass is 397 g/mol. The summed E-state index contributed by atoms with van der Waals surface area (Å²) in [6.45, 7) is 2.92. The molecule has 5 rings (SSSR count). The molecule has 0 aliphatic carbocycles. The second-order valence-corrected chi connectivity index (χ2v) is 7.54. The van der Waals surface area contributed by atoms with Gasteiger partial charge < -0.3 is 14.2 Å². The molecule has 0 spiro atoms. The van der Waals surface area contributed by atoms with Crippen molar-refractivity contribution in [2.24, 2.45) is 0 Å². The van der Waals surface area contributed by atoms with Crippen LogP contribution in [0.1, 0.15) is 24.4 Å². The molecule has 0 fully saturated rings. The van der Waals surface area contributed by atoms with E-state index in [9.17, 15) is 4.79 Å². The van der Waals surface area contributed by atoms with Crippen molar-refractivity contribution in [1.29, 1.82) is 0 Å². The van der Waals surface area contributed by atoms with Gasteiger partial charge in [0.25, 0.3) is 0 Å². The van der Waals surface area contributed by atoms with Crippen LogP contribution < -0.4 is 9.64 Å². The van der Waals surface area contributed by atoms with Gasteiger partial charge in [-0.3, -0.25) is 4.79 Å². The Bertz CT molecular complexity index is 1200. The third kappa shape index (κ3) is 3.32. The van der Waals surface area contributed by atoms with Crippen LogP contribution in [0.5, 0.6) is 5.75 Å². The number of ether oxygens (including phenoxy) is 1. The molecule has 0 bridgehead atoms. The molecular formula is C25H23N3O2. The van der Waals surface area contributed by atoms with Crippen LogP contribution in [-0.2, 0) is 17.8 Å². The summed E-state index contributed by atoms with van der Waals surface area (Å²) in [7, 11) is 0. The van der Waals surface area contributed by atoms with Gasteiger partial charge in [0.2, 0.25) is 5.91 Å². The molecular weight excluding hydrogens is 374 g/mol. The van der Waals surface area contributed by atoms with Crippen LogP contribution in [0.15, 0.2) is 78.9 Å². The molecule has 5 nitrogen and oxygen atoms in total. The molecule has 0 radical (unpaired) electrons. The fraction of sp³-hybridized carbons (Fsp3) is 0.200. The number of amides is 1. The van der Waals surface area contributed by atoms with E-state index in [1.165, 1.54) is 5.56 Å². The first-order chi connectivity index (χ1) is 14.7. The normalized spacial score (nSPS) is 14.0. The number of rotatable bonds is 5. The maximum atomic E-state index is 13.3. The number of aromatic nitrogens is 2. The smallest absolute Gasteiger partial charge is 0.247 e. The van der Waals surface area contributed by atoms with Gasteiger partial charge in [-0.25, -0.2) is 4.98 Å². The van der Waals surface area contributed by atoms with Gasteiger partial charge in [-0.15, -0.1) is 0 Å². The predicted molar refractivity (Wildman–Crippen MR) is 118 cm³/mol.